The predicted octanol–water partition coefficient (Wildman–Crippen LogP) is 8.16. The quantitative estimate of drug-likeness (QED) is 0.284. The number of aromatic nitrogens is 2. The van der Waals surface area contributed by atoms with Crippen LogP contribution in [0.5, 0.6) is 11.6 Å². The van der Waals surface area contributed by atoms with Crippen molar-refractivity contribution in [1.29, 1.82) is 0 Å². The van der Waals surface area contributed by atoms with Gasteiger partial charge in [0.15, 0.2) is 0 Å². The lowest BCUT2D eigenvalue weighted by Gasteiger charge is -2.13. The van der Waals surface area contributed by atoms with Gasteiger partial charge in [0.25, 0.3) is 0 Å². The van der Waals surface area contributed by atoms with Gasteiger partial charge in [-0.3, -0.25) is 0 Å². The molecule has 8 heteroatoms. The first kappa shape index (κ1) is 23.1. The van der Waals surface area contributed by atoms with E-state index in [9.17, 15) is 13.2 Å². The molecule has 0 N–H and O–H groups in total. The smallest absolute Gasteiger partial charge is 0.416 e. The van der Waals surface area contributed by atoms with E-state index in [1.807, 2.05) is 18.2 Å². The monoisotopic (exact) mass is 488 g/mol. The van der Waals surface area contributed by atoms with Crippen molar-refractivity contribution >= 4 is 23.2 Å². The molecule has 0 spiro atoms. The third kappa shape index (κ3) is 5.64. The summed E-state index contributed by atoms with van der Waals surface area (Å²) in [5, 5.41) is 9.23. The molecule has 0 aliphatic carbocycles. The molecule has 0 fully saturated rings. The van der Waals surface area contributed by atoms with Gasteiger partial charge in [-0.2, -0.15) is 18.3 Å². The first-order valence-corrected chi connectivity index (χ1v) is 10.7. The van der Waals surface area contributed by atoms with E-state index in [1.165, 1.54) is 6.07 Å². The van der Waals surface area contributed by atoms with E-state index in [0.717, 1.165) is 23.3 Å². The van der Waals surface area contributed by atoms with Crippen LogP contribution in [0, 0.1) is 6.92 Å². The van der Waals surface area contributed by atoms with E-state index in [0.29, 0.717) is 39.0 Å². The Labute approximate surface area is 198 Å². The summed E-state index contributed by atoms with van der Waals surface area (Å²) in [6, 6.07) is 19.3. The van der Waals surface area contributed by atoms with E-state index < -0.39 is 11.7 Å². The van der Waals surface area contributed by atoms with Gasteiger partial charge in [-0.25, -0.2) is 0 Å². The van der Waals surface area contributed by atoms with Gasteiger partial charge >= 0.3 is 6.18 Å². The largest absolute Gasteiger partial charge is 0.437 e. The molecule has 168 valence electrons. The maximum absolute atomic E-state index is 13.2. The normalized spacial score (nSPS) is 11.5. The van der Waals surface area contributed by atoms with Crippen LogP contribution in [0.2, 0.25) is 10.0 Å². The molecule has 0 aliphatic rings. The minimum atomic E-state index is -4.45. The second-order valence-electron chi connectivity index (χ2n) is 7.44. The minimum Gasteiger partial charge on any atom is -0.437 e. The van der Waals surface area contributed by atoms with E-state index in [2.05, 4.69) is 10.2 Å². The molecule has 0 atom stereocenters. The van der Waals surface area contributed by atoms with Crippen molar-refractivity contribution in [3.63, 3.8) is 0 Å². The highest BCUT2D eigenvalue weighted by atomic mass is 35.5. The highest BCUT2D eigenvalue weighted by Crippen LogP contribution is 2.36. The Bertz CT molecular complexity index is 1290. The van der Waals surface area contributed by atoms with E-state index in [4.69, 9.17) is 27.9 Å². The summed E-state index contributed by atoms with van der Waals surface area (Å²) in [5.41, 5.74) is 2.51. The second-order valence-corrected chi connectivity index (χ2v) is 8.29. The summed E-state index contributed by atoms with van der Waals surface area (Å²) < 4.78 is 45.4. The number of nitrogens with zero attached hydrogens (tertiary/aromatic N) is 2. The maximum atomic E-state index is 13.2. The average molecular weight is 489 g/mol. The maximum Gasteiger partial charge on any atom is 0.416 e. The Morgan fingerprint density at radius 3 is 2.33 bits per heavy atom. The third-order valence-electron chi connectivity index (χ3n) is 4.93. The first-order chi connectivity index (χ1) is 15.7. The lowest BCUT2D eigenvalue weighted by atomic mass is 10.0. The van der Waals surface area contributed by atoms with Crippen LogP contribution in [0.4, 0.5) is 13.2 Å². The van der Waals surface area contributed by atoms with Crippen LogP contribution in [-0.4, -0.2) is 10.2 Å². The molecule has 0 radical (unpaired) electrons. The summed E-state index contributed by atoms with van der Waals surface area (Å²) in [6.07, 6.45) is -3.84. The van der Waals surface area contributed by atoms with Crippen LogP contribution in [0.15, 0.2) is 72.8 Å². The van der Waals surface area contributed by atoms with E-state index in [1.54, 1.807) is 43.3 Å². The minimum absolute atomic E-state index is 0.119. The Hall–Kier alpha value is -3.09. The van der Waals surface area contributed by atoms with Gasteiger partial charge in [0, 0.05) is 15.6 Å². The fraction of sp³-hybridized carbons (Fsp3) is 0.120. The molecule has 0 amide bonds. The Balaban J connectivity index is 1.59. The van der Waals surface area contributed by atoms with E-state index in [-0.39, 0.29) is 5.88 Å². The average Bonchev–Trinajstić information content (AvgIpc) is 2.77. The molecule has 4 aromatic rings. The Morgan fingerprint density at radius 2 is 1.64 bits per heavy atom. The van der Waals surface area contributed by atoms with Crippen molar-refractivity contribution in [3.05, 3.63) is 105 Å². The number of halogens is 5. The number of alkyl halides is 3. The van der Waals surface area contributed by atoms with Crippen LogP contribution in [0.1, 0.15) is 22.4 Å². The number of hydrogen-bond donors (Lipinski definition) is 0. The van der Waals surface area contributed by atoms with Gasteiger partial charge in [0.05, 0.1) is 11.3 Å². The van der Waals surface area contributed by atoms with Crippen molar-refractivity contribution < 1.29 is 17.9 Å². The lowest BCUT2D eigenvalue weighted by molar-refractivity contribution is -0.137. The lowest BCUT2D eigenvalue weighted by Crippen LogP contribution is -2.05. The van der Waals surface area contributed by atoms with Gasteiger partial charge < -0.3 is 4.74 Å². The standard InChI is InChI=1S/C25H17Cl2F3N2O/c1-15-11-22(17-3-2-4-19(13-17)25(28,29)30)24(32-31-15)33-21-9-5-16(6-10-21)12-18-7-8-20(26)14-23(18)27/h2-11,13-14H,12H2,1H3. The molecule has 1 heterocycles. The number of rotatable bonds is 5. The zero-order valence-electron chi connectivity index (χ0n) is 17.3. The summed E-state index contributed by atoms with van der Waals surface area (Å²) in [6.45, 7) is 1.71. The summed E-state index contributed by atoms with van der Waals surface area (Å²) in [4.78, 5) is 0. The second kappa shape index (κ2) is 9.41. The highest BCUT2D eigenvalue weighted by Gasteiger charge is 2.30. The molecule has 0 bridgehead atoms. The van der Waals surface area contributed by atoms with Crippen LogP contribution >= 0.6 is 23.2 Å². The molecule has 0 aliphatic heterocycles. The van der Waals surface area contributed by atoms with E-state index >= 15 is 0 Å². The van der Waals surface area contributed by atoms with Crippen molar-refractivity contribution in [1.82, 2.24) is 10.2 Å². The van der Waals surface area contributed by atoms with Crippen molar-refractivity contribution in [2.75, 3.05) is 0 Å². The van der Waals surface area contributed by atoms with Gasteiger partial charge in [0.2, 0.25) is 5.88 Å². The molecule has 0 unspecified atom stereocenters. The SMILES string of the molecule is Cc1cc(-c2cccc(C(F)(F)F)c2)c(Oc2ccc(Cc3ccc(Cl)cc3Cl)cc2)nn1. The van der Waals surface area contributed by atoms with Gasteiger partial charge in [0.1, 0.15) is 5.75 Å². The fourth-order valence-corrected chi connectivity index (χ4v) is 3.77. The number of aryl methyl sites for hydroxylation is 1. The third-order valence-corrected chi connectivity index (χ3v) is 5.52. The first-order valence-electron chi connectivity index (χ1n) is 9.92. The number of hydrogen-bond acceptors (Lipinski definition) is 3. The van der Waals surface area contributed by atoms with Crippen LogP contribution in [0.25, 0.3) is 11.1 Å². The molecule has 0 saturated heterocycles. The number of benzene rings is 3. The number of ether oxygens (including phenoxy) is 1. The molecule has 3 nitrogen and oxygen atoms in total. The molecule has 33 heavy (non-hydrogen) atoms. The van der Waals surface area contributed by atoms with Gasteiger partial charge in [-0.05, 0) is 72.5 Å². The molecule has 3 aromatic carbocycles. The van der Waals surface area contributed by atoms with Gasteiger partial charge in [-0.15, -0.1) is 5.10 Å². The molecule has 1 aromatic heterocycles. The van der Waals surface area contributed by atoms with Crippen LogP contribution in [-0.2, 0) is 12.6 Å². The predicted molar refractivity (Wildman–Crippen MR) is 123 cm³/mol. The molecule has 0 saturated carbocycles. The van der Waals surface area contributed by atoms with Crippen molar-refractivity contribution in [3.8, 4) is 22.8 Å². The van der Waals surface area contributed by atoms with Crippen molar-refractivity contribution in [2.45, 2.75) is 19.5 Å². The zero-order valence-corrected chi connectivity index (χ0v) is 18.8. The van der Waals surface area contributed by atoms with Crippen molar-refractivity contribution in [2.24, 2.45) is 0 Å². The summed E-state index contributed by atoms with van der Waals surface area (Å²) in [7, 11) is 0. The molecular formula is C25H17Cl2F3N2O. The summed E-state index contributed by atoms with van der Waals surface area (Å²) >= 11 is 12.2. The summed E-state index contributed by atoms with van der Waals surface area (Å²) in [5.74, 6) is 0.598. The van der Waals surface area contributed by atoms with Crippen LogP contribution in [0.3, 0.4) is 0 Å². The zero-order chi connectivity index (χ0) is 23.6. The molecule has 4 rings (SSSR count). The topological polar surface area (TPSA) is 35.0 Å². The Morgan fingerprint density at radius 1 is 0.879 bits per heavy atom. The van der Waals surface area contributed by atoms with Crippen LogP contribution < -0.4 is 4.74 Å². The molecular weight excluding hydrogens is 472 g/mol. The highest BCUT2D eigenvalue weighted by molar-refractivity contribution is 6.35. The fourth-order valence-electron chi connectivity index (χ4n) is 3.29. The van der Waals surface area contributed by atoms with Gasteiger partial charge in [-0.1, -0.05) is 53.5 Å². The Kier molecular flexibility index (Phi) is 6.58.